The van der Waals surface area contributed by atoms with Gasteiger partial charge in [0.25, 0.3) is 0 Å². The Labute approximate surface area is 179 Å². The molecule has 0 amide bonds. The molecule has 0 spiro atoms. The van der Waals surface area contributed by atoms with Gasteiger partial charge in [-0.15, -0.1) is 0 Å². The first-order valence-corrected chi connectivity index (χ1v) is 10.3. The van der Waals surface area contributed by atoms with Crippen LogP contribution in [0.4, 0.5) is 0 Å². The molecule has 0 radical (unpaired) electrons. The number of hydrogen-bond acceptors (Lipinski definition) is 8. The molecule has 0 saturated heterocycles. The van der Waals surface area contributed by atoms with Gasteiger partial charge in [0.2, 0.25) is 0 Å². The van der Waals surface area contributed by atoms with Gasteiger partial charge in [-0.05, 0) is 49.6 Å². The number of nitrogens with zero attached hydrogens (tertiary/aromatic N) is 4. The van der Waals surface area contributed by atoms with Crippen LogP contribution in [0.25, 0.3) is 11.0 Å². The van der Waals surface area contributed by atoms with Crippen LogP contribution in [0.2, 0.25) is 0 Å². The van der Waals surface area contributed by atoms with Crippen LogP contribution in [0.1, 0.15) is 18.3 Å². The van der Waals surface area contributed by atoms with E-state index in [1.807, 2.05) is 37.3 Å². The molecule has 3 aromatic rings. The number of ether oxygens (including phenoxy) is 2. The summed E-state index contributed by atoms with van der Waals surface area (Å²) in [7, 11) is 1.32. The third-order valence-corrected chi connectivity index (χ3v) is 5.38. The number of aryl methyl sites for hydroxylation is 1. The van der Waals surface area contributed by atoms with Crippen LogP contribution in [-0.4, -0.2) is 57.6 Å². The first kappa shape index (κ1) is 21.8. The van der Waals surface area contributed by atoms with Crippen LogP contribution in [0, 0.1) is 6.92 Å². The zero-order chi connectivity index (χ0) is 21.5. The molecule has 0 saturated carbocycles. The van der Waals surface area contributed by atoms with Crippen LogP contribution >= 0.6 is 11.9 Å². The largest absolute Gasteiger partial charge is 0.468 e. The van der Waals surface area contributed by atoms with E-state index < -0.39 is 5.97 Å². The number of imidazole rings is 1. The van der Waals surface area contributed by atoms with Gasteiger partial charge in [-0.2, -0.15) is 0 Å². The number of pyridine rings is 1. The highest BCUT2D eigenvalue weighted by Crippen LogP contribution is 2.24. The third-order valence-electron chi connectivity index (χ3n) is 4.38. The molecule has 30 heavy (non-hydrogen) atoms. The summed E-state index contributed by atoms with van der Waals surface area (Å²) >= 11 is 1.31. The maximum Gasteiger partial charge on any atom is 0.321 e. The zero-order valence-corrected chi connectivity index (χ0v) is 18.0. The van der Waals surface area contributed by atoms with Crippen LogP contribution in [0.3, 0.4) is 0 Å². The lowest BCUT2D eigenvalue weighted by Crippen LogP contribution is -2.30. The first-order valence-electron chi connectivity index (χ1n) is 9.51. The van der Waals surface area contributed by atoms with Gasteiger partial charge in [0.05, 0.1) is 25.4 Å². The summed E-state index contributed by atoms with van der Waals surface area (Å²) in [5.41, 5.74) is 3.03. The number of benzene rings is 1. The van der Waals surface area contributed by atoms with Gasteiger partial charge in [0.1, 0.15) is 24.4 Å². The summed E-state index contributed by atoms with van der Waals surface area (Å²) in [6.07, 6.45) is 3.52. The summed E-state index contributed by atoms with van der Waals surface area (Å²) in [4.78, 5) is 33.1. The predicted octanol–water partition coefficient (Wildman–Crippen LogP) is 2.83. The van der Waals surface area contributed by atoms with Crippen molar-refractivity contribution in [2.45, 2.75) is 25.3 Å². The van der Waals surface area contributed by atoms with Crippen molar-refractivity contribution in [2.24, 2.45) is 0 Å². The molecule has 0 N–H and O–H groups in total. The van der Waals surface area contributed by atoms with E-state index >= 15 is 0 Å². The van der Waals surface area contributed by atoms with Crippen molar-refractivity contribution in [2.75, 3.05) is 26.8 Å². The fourth-order valence-corrected chi connectivity index (χ4v) is 3.86. The number of fused-ring (bicyclic) bond motifs is 1. The Hall–Kier alpha value is -2.91. The maximum atomic E-state index is 11.8. The van der Waals surface area contributed by atoms with Gasteiger partial charge in [0, 0.05) is 17.6 Å². The molecule has 9 heteroatoms. The highest BCUT2D eigenvalue weighted by atomic mass is 32.2. The number of carbonyl (C=O) groups excluding carboxylic acids is 2. The van der Waals surface area contributed by atoms with Gasteiger partial charge in [0.15, 0.2) is 0 Å². The molecule has 0 aliphatic heterocycles. The van der Waals surface area contributed by atoms with Gasteiger partial charge in [-0.3, -0.25) is 14.6 Å². The van der Waals surface area contributed by atoms with Crippen LogP contribution in [-0.2, 0) is 25.6 Å². The minimum atomic E-state index is -0.416. The third kappa shape index (κ3) is 5.58. The molecule has 1 aromatic carbocycles. The van der Waals surface area contributed by atoms with Crippen molar-refractivity contribution in [3.8, 4) is 0 Å². The standard InChI is InChI=1S/C21H24N4O4S/c1-4-29-21(27)14-24(13-20(26)28-3)30-17-7-5-16(6-8-17)12-25-15(2)23-18-11-22-10-9-19(18)25/h5-11H,4,12-14H2,1-3H3. The van der Waals surface area contributed by atoms with Gasteiger partial charge in [-0.1, -0.05) is 12.1 Å². The second-order valence-corrected chi connectivity index (χ2v) is 7.69. The van der Waals surface area contributed by atoms with E-state index in [2.05, 4.69) is 14.5 Å². The molecule has 0 bridgehead atoms. The number of aromatic nitrogens is 3. The highest BCUT2D eigenvalue weighted by Gasteiger charge is 2.17. The van der Waals surface area contributed by atoms with Gasteiger partial charge >= 0.3 is 11.9 Å². The maximum absolute atomic E-state index is 11.8. The Morgan fingerprint density at radius 3 is 2.57 bits per heavy atom. The number of carbonyl (C=O) groups is 2. The lowest BCUT2D eigenvalue weighted by molar-refractivity contribution is -0.144. The molecule has 0 aliphatic carbocycles. The Balaban J connectivity index is 1.70. The van der Waals surface area contributed by atoms with E-state index in [1.54, 1.807) is 23.6 Å². The Morgan fingerprint density at radius 1 is 1.13 bits per heavy atom. The Morgan fingerprint density at radius 2 is 1.87 bits per heavy atom. The summed E-state index contributed by atoms with van der Waals surface area (Å²) in [6, 6.07) is 9.93. The first-order chi connectivity index (χ1) is 14.5. The minimum absolute atomic E-state index is 0.0103. The normalized spacial score (nSPS) is 11.1. The lowest BCUT2D eigenvalue weighted by Gasteiger charge is -2.19. The van der Waals surface area contributed by atoms with E-state index in [4.69, 9.17) is 9.47 Å². The monoisotopic (exact) mass is 428 g/mol. The predicted molar refractivity (Wildman–Crippen MR) is 114 cm³/mol. The van der Waals surface area contributed by atoms with Crippen LogP contribution in [0.5, 0.6) is 0 Å². The minimum Gasteiger partial charge on any atom is -0.468 e. The van der Waals surface area contributed by atoms with Crippen molar-refractivity contribution < 1.29 is 19.1 Å². The molecule has 158 valence electrons. The number of rotatable bonds is 9. The molecule has 2 heterocycles. The highest BCUT2D eigenvalue weighted by molar-refractivity contribution is 7.97. The van der Waals surface area contributed by atoms with Crippen molar-refractivity contribution in [3.05, 3.63) is 54.1 Å². The second kappa shape index (κ2) is 10.2. The van der Waals surface area contributed by atoms with Crippen molar-refractivity contribution in [3.63, 3.8) is 0 Å². The number of hydrogen-bond donors (Lipinski definition) is 0. The molecule has 0 atom stereocenters. The second-order valence-electron chi connectivity index (χ2n) is 6.52. The summed E-state index contributed by atoms with van der Waals surface area (Å²) in [5.74, 6) is 0.123. The topological polar surface area (TPSA) is 86.5 Å². The summed E-state index contributed by atoms with van der Waals surface area (Å²) in [5, 5.41) is 0. The van der Waals surface area contributed by atoms with Gasteiger partial charge in [-0.25, -0.2) is 9.29 Å². The average molecular weight is 429 g/mol. The molecule has 3 rings (SSSR count). The smallest absolute Gasteiger partial charge is 0.321 e. The van der Waals surface area contributed by atoms with Crippen LogP contribution in [0.15, 0.2) is 47.6 Å². The molecular weight excluding hydrogens is 404 g/mol. The summed E-state index contributed by atoms with van der Waals surface area (Å²) < 4.78 is 13.5. The molecule has 0 fully saturated rings. The van der Waals surface area contributed by atoms with E-state index in [0.717, 1.165) is 27.3 Å². The molecule has 8 nitrogen and oxygen atoms in total. The van der Waals surface area contributed by atoms with Crippen molar-refractivity contribution >= 4 is 34.9 Å². The molecule has 2 aromatic heterocycles. The van der Waals surface area contributed by atoms with Gasteiger partial charge < -0.3 is 14.0 Å². The SMILES string of the molecule is CCOC(=O)CN(CC(=O)OC)Sc1ccc(Cn2c(C)nc3cnccc32)cc1. The zero-order valence-electron chi connectivity index (χ0n) is 17.2. The lowest BCUT2D eigenvalue weighted by atomic mass is 10.2. The molecule has 0 unspecified atom stereocenters. The summed E-state index contributed by atoms with van der Waals surface area (Å²) in [6.45, 7) is 4.68. The fourth-order valence-electron chi connectivity index (χ4n) is 2.97. The fraction of sp³-hybridized carbons (Fsp3) is 0.333. The Bertz CT molecular complexity index is 1020. The van der Waals surface area contributed by atoms with Crippen molar-refractivity contribution in [1.29, 1.82) is 0 Å². The average Bonchev–Trinajstić information content (AvgIpc) is 3.04. The van der Waals surface area contributed by atoms with E-state index in [1.165, 1.54) is 19.1 Å². The van der Waals surface area contributed by atoms with E-state index in [-0.39, 0.29) is 19.1 Å². The number of esters is 2. The van der Waals surface area contributed by atoms with E-state index in [9.17, 15) is 9.59 Å². The Kier molecular flexibility index (Phi) is 7.42. The van der Waals surface area contributed by atoms with Crippen LogP contribution < -0.4 is 0 Å². The van der Waals surface area contributed by atoms with Crippen molar-refractivity contribution in [1.82, 2.24) is 18.8 Å². The molecule has 0 aliphatic rings. The molecular formula is C21H24N4O4S. The quantitative estimate of drug-likeness (QED) is 0.380. The number of methoxy groups -OCH3 is 1. The van der Waals surface area contributed by atoms with E-state index in [0.29, 0.717) is 13.2 Å².